The molecule has 0 atom stereocenters. The van der Waals surface area contributed by atoms with Gasteiger partial charge in [0.05, 0.1) is 5.56 Å². The van der Waals surface area contributed by atoms with Gasteiger partial charge in [-0.1, -0.05) is 53.6 Å². The van der Waals surface area contributed by atoms with E-state index < -0.39 is 0 Å². The van der Waals surface area contributed by atoms with Gasteiger partial charge < -0.3 is 5.32 Å². The number of pyridine rings is 1. The number of amides is 1. The van der Waals surface area contributed by atoms with Gasteiger partial charge in [-0.15, -0.1) is 0 Å². The number of aryl methyl sites for hydroxylation is 1. The second kappa shape index (κ2) is 6.63. The fourth-order valence-corrected chi connectivity index (χ4v) is 2.44. The van der Waals surface area contributed by atoms with E-state index in [-0.39, 0.29) is 5.91 Å². The Bertz CT molecular complexity index is 830. The zero-order chi connectivity index (χ0) is 16.2. The van der Waals surface area contributed by atoms with Crippen molar-refractivity contribution in [1.29, 1.82) is 0 Å². The van der Waals surface area contributed by atoms with E-state index in [4.69, 9.17) is 11.6 Å². The molecule has 0 unspecified atom stereocenters. The number of hydrogen-bond donors (Lipinski definition) is 1. The smallest absolute Gasteiger partial charge is 0.257 e. The molecule has 0 fully saturated rings. The van der Waals surface area contributed by atoms with Crippen LogP contribution >= 0.6 is 11.6 Å². The molecule has 114 valence electrons. The molecule has 0 spiro atoms. The molecular formula is C19H15ClN2O. The van der Waals surface area contributed by atoms with E-state index in [9.17, 15) is 4.79 Å². The van der Waals surface area contributed by atoms with Crippen molar-refractivity contribution in [2.75, 3.05) is 5.32 Å². The van der Waals surface area contributed by atoms with Gasteiger partial charge >= 0.3 is 0 Å². The molecule has 0 saturated carbocycles. The van der Waals surface area contributed by atoms with Gasteiger partial charge in [0, 0.05) is 17.4 Å². The van der Waals surface area contributed by atoms with Gasteiger partial charge in [-0.2, -0.15) is 0 Å². The number of aromatic nitrogens is 1. The van der Waals surface area contributed by atoms with Gasteiger partial charge in [-0.05, 0) is 36.8 Å². The van der Waals surface area contributed by atoms with Crippen LogP contribution < -0.4 is 5.32 Å². The third kappa shape index (κ3) is 3.58. The van der Waals surface area contributed by atoms with Crippen LogP contribution in [0.25, 0.3) is 11.1 Å². The molecule has 3 nitrogen and oxygen atoms in total. The fourth-order valence-electron chi connectivity index (χ4n) is 2.33. The van der Waals surface area contributed by atoms with E-state index in [1.807, 2.05) is 49.4 Å². The van der Waals surface area contributed by atoms with Crippen LogP contribution in [0, 0.1) is 6.92 Å². The van der Waals surface area contributed by atoms with Gasteiger partial charge in [0.2, 0.25) is 0 Å². The molecule has 0 radical (unpaired) electrons. The minimum Gasteiger partial charge on any atom is -0.321 e. The monoisotopic (exact) mass is 322 g/mol. The Morgan fingerprint density at radius 3 is 2.52 bits per heavy atom. The van der Waals surface area contributed by atoms with Crippen molar-refractivity contribution in [2.24, 2.45) is 0 Å². The first kappa shape index (κ1) is 15.3. The molecular weight excluding hydrogens is 308 g/mol. The maximum atomic E-state index is 12.4. The minimum absolute atomic E-state index is 0.213. The number of anilines is 1. The summed E-state index contributed by atoms with van der Waals surface area (Å²) in [6.45, 7) is 2.03. The van der Waals surface area contributed by atoms with Crippen molar-refractivity contribution < 1.29 is 4.79 Å². The Hall–Kier alpha value is -2.65. The molecule has 4 heteroatoms. The SMILES string of the molecule is Cc1ccc(NC(=O)c2ccc(Cl)nc2)c(-c2ccccc2)c1. The summed E-state index contributed by atoms with van der Waals surface area (Å²) in [6, 6.07) is 19.2. The first-order valence-corrected chi connectivity index (χ1v) is 7.60. The van der Waals surface area contributed by atoms with Gasteiger partial charge in [0.1, 0.15) is 5.15 Å². The highest BCUT2D eigenvalue weighted by molar-refractivity contribution is 6.29. The second-order valence-corrected chi connectivity index (χ2v) is 5.63. The van der Waals surface area contributed by atoms with Gasteiger partial charge in [0.15, 0.2) is 0 Å². The molecule has 1 aromatic heterocycles. The summed E-state index contributed by atoms with van der Waals surface area (Å²) >= 11 is 5.76. The van der Waals surface area contributed by atoms with Gasteiger partial charge in [-0.25, -0.2) is 4.98 Å². The van der Waals surface area contributed by atoms with Crippen molar-refractivity contribution in [3.05, 3.63) is 83.1 Å². The topological polar surface area (TPSA) is 42.0 Å². The van der Waals surface area contributed by atoms with Crippen LogP contribution in [0.3, 0.4) is 0 Å². The number of hydrogen-bond acceptors (Lipinski definition) is 2. The lowest BCUT2D eigenvalue weighted by molar-refractivity contribution is 0.102. The first-order valence-electron chi connectivity index (χ1n) is 7.22. The summed E-state index contributed by atoms with van der Waals surface area (Å²) in [5.41, 5.74) is 4.41. The van der Waals surface area contributed by atoms with Crippen LogP contribution in [0.5, 0.6) is 0 Å². The average Bonchev–Trinajstić information content (AvgIpc) is 2.58. The molecule has 2 aromatic carbocycles. The molecule has 0 aliphatic heterocycles. The summed E-state index contributed by atoms with van der Waals surface area (Å²) in [5.74, 6) is -0.213. The molecule has 1 heterocycles. The van der Waals surface area contributed by atoms with Crippen molar-refractivity contribution in [1.82, 2.24) is 4.98 Å². The number of halogens is 1. The zero-order valence-electron chi connectivity index (χ0n) is 12.6. The van der Waals surface area contributed by atoms with Gasteiger partial charge in [-0.3, -0.25) is 4.79 Å². The number of carbonyl (C=O) groups excluding carboxylic acids is 1. The highest BCUT2D eigenvalue weighted by Gasteiger charge is 2.11. The maximum Gasteiger partial charge on any atom is 0.257 e. The van der Waals surface area contributed by atoms with Crippen LogP contribution in [-0.2, 0) is 0 Å². The summed E-state index contributed by atoms with van der Waals surface area (Å²) in [7, 11) is 0. The number of nitrogens with one attached hydrogen (secondary N) is 1. The Morgan fingerprint density at radius 2 is 1.83 bits per heavy atom. The highest BCUT2D eigenvalue weighted by Crippen LogP contribution is 2.29. The number of rotatable bonds is 3. The Labute approximate surface area is 140 Å². The van der Waals surface area contributed by atoms with Crippen LogP contribution in [0.4, 0.5) is 5.69 Å². The molecule has 0 bridgehead atoms. The fraction of sp³-hybridized carbons (Fsp3) is 0.0526. The average molecular weight is 323 g/mol. The zero-order valence-corrected chi connectivity index (χ0v) is 13.3. The highest BCUT2D eigenvalue weighted by atomic mass is 35.5. The molecule has 0 aliphatic rings. The summed E-state index contributed by atoms with van der Waals surface area (Å²) in [6.07, 6.45) is 1.47. The molecule has 3 aromatic rings. The quantitative estimate of drug-likeness (QED) is 0.692. The summed E-state index contributed by atoms with van der Waals surface area (Å²) in [4.78, 5) is 16.3. The minimum atomic E-state index is -0.213. The third-order valence-corrected chi connectivity index (χ3v) is 3.72. The number of nitrogens with zero attached hydrogens (tertiary/aromatic N) is 1. The Kier molecular flexibility index (Phi) is 4.40. The molecule has 23 heavy (non-hydrogen) atoms. The number of benzene rings is 2. The van der Waals surface area contributed by atoms with E-state index in [1.54, 1.807) is 12.1 Å². The lowest BCUT2D eigenvalue weighted by Crippen LogP contribution is -2.13. The van der Waals surface area contributed by atoms with Gasteiger partial charge in [0.25, 0.3) is 5.91 Å². The standard InChI is InChI=1S/C19H15ClN2O/c1-13-7-9-17(16(11-13)14-5-3-2-4-6-14)22-19(23)15-8-10-18(20)21-12-15/h2-12H,1H3,(H,22,23). The molecule has 0 saturated heterocycles. The normalized spacial score (nSPS) is 10.3. The third-order valence-electron chi connectivity index (χ3n) is 3.50. The van der Waals surface area contributed by atoms with Crippen molar-refractivity contribution in [2.45, 2.75) is 6.92 Å². The first-order chi connectivity index (χ1) is 11.1. The lowest BCUT2D eigenvalue weighted by atomic mass is 10.0. The molecule has 3 rings (SSSR count). The van der Waals surface area contributed by atoms with E-state index in [0.29, 0.717) is 10.7 Å². The predicted molar refractivity (Wildman–Crippen MR) is 93.8 cm³/mol. The molecule has 1 amide bonds. The summed E-state index contributed by atoms with van der Waals surface area (Å²) in [5, 5.41) is 3.31. The Balaban J connectivity index is 1.94. The van der Waals surface area contributed by atoms with E-state index in [1.165, 1.54) is 6.20 Å². The largest absolute Gasteiger partial charge is 0.321 e. The summed E-state index contributed by atoms with van der Waals surface area (Å²) < 4.78 is 0. The second-order valence-electron chi connectivity index (χ2n) is 5.24. The maximum absolute atomic E-state index is 12.4. The van der Waals surface area contributed by atoms with Crippen LogP contribution in [0.15, 0.2) is 66.9 Å². The van der Waals surface area contributed by atoms with Crippen LogP contribution in [0.2, 0.25) is 5.15 Å². The number of carbonyl (C=O) groups is 1. The molecule has 0 aliphatic carbocycles. The van der Waals surface area contributed by atoms with Crippen molar-refractivity contribution in [3.8, 4) is 11.1 Å². The lowest BCUT2D eigenvalue weighted by Gasteiger charge is -2.12. The van der Waals surface area contributed by atoms with Crippen LogP contribution in [-0.4, -0.2) is 10.9 Å². The Morgan fingerprint density at radius 1 is 1.04 bits per heavy atom. The van der Waals surface area contributed by atoms with Crippen molar-refractivity contribution >= 4 is 23.2 Å². The predicted octanol–water partition coefficient (Wildman–Crippen LogP) is 4.96. The van der Waals surface area contributed by atoms with Crippen molar-refractivity contribution in [3.63, 3.8) is 0 Å². The van der Waals surface area contributed by atoms with E-state index in [2.05, 4.69) is 16.4 Å². The molecule has 1 N–H and O–H groups in total. The van der Waals surface area contributed by atoms with Crippen LogP contribution in [0.1, 0.15) is 15.9 Å². The van der Waals surface area contributed by atoms with E-state index in [0.717, 1.165) is 22.4 Å². The van der Waals surface area contributed by atoms with E-state index >= 15 is 0 Å².